The first-order valence-corrected chi connectivity index (χ1v) is 7.92. The molecule has 116 valence electrons. The Morgan fingerprint density at radius 2 is 2.10 bits per heavy atom. The maximum atomic E-state index is 9.78. The van der Waals surface area contributed by atoms with Gasteiger partial charge in [0, 0.05) is 12.6 Å². The highest BCUT2D eigenvalue weighted by Crippen LogP contribution is 2.65. The van der Waals surface area contributed by atoms with E-state index in [4.69, 9.17) is 4.84 Å². The molecular formula is C16H30N2O2. The third-order valence-corrected chi connectivity index (χ3v) is 5.10. The van der Waals surface area contributed by atoms with Gasteiger partial charge >= 0.3 is 0 Å². The van der Waals surface area contributed by atoms with Gasteiger partial charge in [0.1, 0.15) is 12.7 Å². The van der Waals surface area contributed by atoms with E-state index in [9.17, 15) is 5.11 Å². The minimum Gasteiger partial charge on any atom is -0.393 e. The zero-order valence-electron chi connectivity index (χ0n) is 13.5. The third-order valence-electron chi connectivity index (χ3n) is 5.10. The molecule has 0 saturated heterocycles. The smallest absolute Gasteiger partial charge is 0.144 e. The van der Waals surface area contributed by atoms with E-state index in [0.717, 1.165) is 18.3 Å². The molecule has 0 aromatic rings. The maximum Gasteiger partial charge on any atom is 0.144 e. The largest absolute Gasteiger partial charge is 0.393 e. The number of nitrogens with zero attached hydrogens (tertiary/aromatic N) is 1. The van der Waals surface area contributed by atoms with Gasteiger partial charge in [-0.25, -0.2) is 0 Å². The van der Waals surface area contributed by atoms with E-state index in [-0.39, 0.29) is 6.61 Å². The second kappa shape index (κ2) is 6.02. The molecule has 0 aromatic carbocycles. The first-order valence-electron chi connectivity index (χ1n) is 7.92. The first kappa shape index (κ1) is 15.8. The molecule has 2 aliphatic carbocycles. The number of aliphatic hydroxyl groups is 1. The van der Waals surface area contributed by atoms with Crippen LogP contribution >= 0.6 is 0 Å². The number of nitrogens with one attached hydrogen (secondary N) is 1. The molecule has 0 bridgehead atoms. The van der Waals surface area contributed by atoms with Crippen molar-refractivity contribution in [2.24, 2.45) is 28.3 Å². The normalized spacial score (nSPS) is 35.0. The van der Waals surface area contributed by atoms with E-state index in [1.807, 2.05) is 0 Å². The lowest BCUT2D eigenvalue weighted by Crippen LogP contribution is -2.34. The Hall–Kier alpha value is -0.610. The van der Waals surface area contributed by atoms with Gasteiger partial charge in [-0.05, 0) is 36.0 Å². The van der Waals surface area contributed by atoms with E-state index in [1.165, 1.54) is 12.1 Å². The Morgan fingerprint density at radius 1 is 1.40 bits per heavy atom. The van der Waals surface area contributed by atoms with Gasteiger partial charge < -0.3 is 15.3 Å². The van der Waals surface area contributed by atoms with Gasteiger partial charge in [0.05, 0.1) is 5.71 Å². The summed E-state index contributed by atoms with van der Waals surface area (Å²) < 4.78 is 0. The fourth-order valence-corrected chi connectivity index (χ4v) is 3.44. The lowest BCUT2D eigenvalue weighted by Gasteiger charge is -2.19. The Labute approximate surface area is 123 Å². The van der Waals surface area contributed by atoms with Crippen LogP contribution < -0.4 is 5.32 Å². The van der Waals surface area contributed by atoms with E-state index < -0.39 is 6.10 Å². The SMILES string of the molecule is CC(C)NCC(O)CO/N=C1\CC2C(CC1C)C2(C)C. The highest BCUT2D eigenvalue weighted by molar-refractivity contribution is 5.87. The van der Waals surface area contributed by atoms with Gasteiger partial charge in [0.25, 0.3) is 0 Å². The summed E-state index contributed by atoms with van der Waals surface area (Å²) in [6.45, 7) is 11.9. The zero-order valence-corrected chi connectivity index (χ0v) is 13.5. The molecule has 2 rings (SSSR count). The van der Waals surface area contributed by atoms with Crippen LogP contribution in [0.25, 0.3) is 0 Å². The second-order valence-electron chi connectivity index (χ2n) is 7.47. The van der Waals surface area contributed by atoms with Crippen LogP contribution in [0.4, 0.5) is 0 Å². The molecule has 0 aromatic heterocycles. The van der Waals surface area contributed by atoms with Crippen LogP contribution in [0.15, 0.2) is 5.16 Å². The van der Waals surface area contributed by atoms with Crippen LogP contribution in [0.1, 0.15) is 47.5 Å². The summed E-state index contributed by atoms with van der Waals surface area (Å²) in [6.07, 6.45) is 1.81. The Kier molecular flexibility index (Phi) is 4.75. The topological polar surface area (TPSA) is 53.8 Å². The van der Waals surface area contributed by atoms with Crippen molar-refractivity contribution >= 4 is 5.71 Å². The van der Waals surface area contributed by atoms with Gasteiger partial charge in [-0.2, -0.15) is 0 Å². The highest BCUT2D eigenvalue weighted by atomic mass is 16.6. The molecule has 2 N–H and O–H groups in total. The zero-order chi connectivity index (χ0) is 14.9. The Balaban J connectivity index is 1.74. The monoisotopic (exact) mass is 282 g/mol. The van der Waals surface area contributed by atoms with E-state index >= 15 is 0 Å². The molecule has 4 nitrogen and oxygen atoms in total. The minimum absolute atomic E-state index is 0.271. The second-order valence-corrected chi connectivity index (χ2v) is 7.47. The summed E-state index contributed by atoms with van der Waals surface area (Å²) in [6, 6.07) is 0.378. The minimum atomic E-state index is -0.495. The van der Waals surface area contributed by atoms with E-state index in [2.05, 4.69) is 45.1 Å². The van der Waals surface area contributed by atoms with Crippen molar-refractivity contribution in [2.75, 3.05) is 13.2 Å². The van der Waals surface area contributed by atoms with Crippen LogP contribution in [0.2, 0.25) is 0 Å². The van der Waals surface area contributed by atoms with Crippen LogP contribution in [-0.4, -0.2) is 36.1 Å². The quantitative estimate of drug-likeness (QED) is 0.736. The lowest BCUT2D eigenvalue weighted by atomic mass is 9.89. The Morgan fingerprint density at radius 3 is 2.75 bits per heavy atom. The Bertz CT molecular complexity index is 365. The average molecular weight is 282 g/mol. The van der Waals surface area contributed by atoms with Gasteiger partial charge in [0.2, 0.25) is 0 Å². The van der Waals surface area contributed by atoms with Gasteiger partial charge in [-0.1, -0.05) is 39.8 Å². The van der Waals surface area contributed by atoms with Crippen LogP contribution in [-0.2, 0) is 4.84 Å². The summed E-state index contributed by atoms with van der Waals surface area (Å²) in [7, 11) is 0. The summed E-state index contributed by atoms with van der Waals surface area (Å²) in [5.41, 5.74) is 1.67. The molecule has 0 spiro atoms. The molecule has 2 fully saturated rings. The molecule has 0 amide bonds. The molecule has 2 aliphatic rings. The predicted octanol–water partition coefficient (Wildman–Crippen LogP) is 2.42. The molecule has 0 radical (unpaired) electrons. The van der Waals surface area contributed by atoms with Crippen molar-refractivity contribution in [3.8, 4) is 0 Å². The van der Waals surface area contributed by atoms with Crippen LogP contribution in [0.5, 0.6) is 0 Å². The van der Waals surface area contributed by atoms with Crippen molar-refractivity contribution in [3.63, 3.8) is 0 Å². The van der Waals surface area contributed by atoms with Crippen molar-refractivity contribution < 1.29 is 9.94 Å². The summed E-state index contributed by atoms with van der Waals surface area (Å²) in [5, 5.41) is 17.3. The van der Waals surface area contributed by atoms with Crippen molar-refractivity contribution in [1.82, 2.24) is 5.32 Å². The molecule has 2 saturated carbocycles. The number of aliphatic hydroxyl groups excluding tert-OH is 1. The van der Waals surface area contributed by atoms with Crippen LogP contribution in [0, 0.1) is 23.2 Å². The summed E-state index contributed by atoms with van der Waals surface area (Å²) in [4.78, 5) is 5.37. The summed E-state index contributed by atoms with van der Waals surface area (Å²) >= 11 is 0. The standard InChI is InChI=1S/C16H30N2O2/c1-10(2)17-8-12(19)9-20-18-15-7-14-13(6-11(15)3)16(14,4)5/h10-14,17,19H,6-9H2,1-5H3/b18-15+. The molecular weight excluding hydrogens is 252 g/mol. The number of hydrogen-bond donors (Lipinski definition) is 2. The third kappa shape index (κ3) is 3.53. The number of hydrogen-bond acceptors (Lipinski definition) is 4. The summed E-state index contributed by atoms with van der Waals surface area (Å²) in [5.74, 6) is 2.18. The van der Waals surface area contributed by atoms with Gasteiger partial charge in [0.15, 0.2) is 0 Å². The molecule has 0 heterocycles. The van der Waals surface area contributed by atoms with E-state index in [0.29, 0.717) is 23.9 Å². The average Bonchev–Trinajstić information content (AvgIpc) is 2.88. The van der Waals surface area contributed by atoms with Crippen LogP contribution in [0.3, 0.4) is 0 Å². The molecule has 0 aliphatic heterocycles. The van der Waals surface area contributed by atoms with Crippen molar-refractivity contribution in [2.45, 2.75) is 59.6 Å². The van der Waals surface area contributed by atoms with Crippen molar-refractivity contribution in [3.05, 3.63) is 0 Å². The first-order chi connectivity index (χ1) is 9.32. The molecule has 4 heteroatoms. The predicted molar refractivity (Wildman–Crippen MR) is 81.7 cm³/mol. The highest BCUT2D eigenvalue weighted by Gasteiger charge is 2.60. The number of fused-ring (bicyclic) bond motifs is 1. The van der Waals surface area contributed by atoms with Crippen molar-refractivity contribution in [1.29, 1.82) is 0 Å². The fraction of sp³-hybridized carbons (Fsp3) is 0.938. The lowest BCUT2D eigenvalue weighted by molar-refractivity contribution is 0.0382. The molecule has 4 atom stereocenters. The van der Waals surface area contributed by atoms with Gasteiger partial charge in [-0.3, -0.25) is 0 Å². The van der Waals surface area contributed by atoms with Gasteiger partial charge in [-0.15, -0.1) is 0 Å². The number of oxime groups is 1. The van der Waals surface area contributed by atoms with E-state index in [1.54, 1.807) is 0 Å². The fourth-order valence-electron chi connectivity index (χ4n) is 3.44. The maximum absolute atomic E-state index is 9.78. The number of rotatable bonds is 6. The molecule has 4 unspecified atom stereocenters. The molecule has 20 heavy (non-hydrogen) atoms.